The van der Waals surface area contributed by atoms with Crippen LogP contribution in [0.2, 0.25) is 0 Å². The van der Waals surface area contributed by atoms with E-state index in [4.69, 9.17) is 26.4 Å². The Kier molecular flexibility index (Phi) is 6.66. The number of guanidine groups is 1. The molecule has 27 heavy (non-hydrogen) atoms. The van der Waals surface area contributed by atoms with E-state index in [-0.39, 0.29) is 6.54 Å². The maximum atomic E-state index is 12.7. The molecule has 0 atom stereocenters. The maximum absolute atomic E-state index is 12.7. The van der Waals surface area contributed by atoms with Gasteiger partial charge in [-0.2, -0.15) is 0 Å². The molecule has 9 heteroatoms. The molecule has 1 rings (SSSR count). The van der Waals surface area contributed by atoms with Crippen molar-refractivity contribution < 1.29 is 19.1 Å². The Morgan fingerprint density at radius 2 is 1.41 bits per heavy atom. The molecule has 1 aromatic carbocycles. The zero-order valence-electron chi connectivity index (χ0n) is 16.7. The minimum atomic E-state index is -0.962. The normalized spacial score (nSPS) is 11.5. The van der Waals surface area contributed by atoms with Crippen molar-refractivity contribution in [3.05, 3.63) is 29.8 Å². The van der Waals surface area contributed by atoms with Crippen LogP contribution in [-0.4, -0.2) is 39.4 Å². The molecule has 0 saturated carbocycles. The topological polar surface area (TPSA) is 135 Å². The molecule has 1 aromatic rings. The third-order valence-electron chi connectivity index (χ3n) is 2.95. The highest BCUT2D eigenvalue weighted by Crippen LogP contribution is 2.18. The summed E-state index contributed by atoms with van der Waals surface area (Å²) in [5, 5.41) is 9.35. The van der Waals surface area contributed by atoms with E-state index >= 15 is 0 Å². The van der Waals surface area contributed by atoms with Crippen LogP contribution >= 0.6 is 0 Å². The van der Waals surface area contributed by atoms with Gasteiger partial charge < -0.3 is 20.9 Å². The van der Waals surface area contributed by atoms with Crippen molar-refractivity contribution in [2.45, 2.75) is 59.3 Å². The van der Waals surface area contributed by atoms with E-state index in [1.807, 2.05) is 0 Å². The fourth-order valence-corrected chi connectivity index (χ4v) is 1.96. The number of nitrogens with one attached hydrogen (secondary N) is 1. The molecule has 0 saturated heterocycles. The molecule has 2 amide bonds. The van der Waals surface area contributed by atoms with Gasteiger partial charge in [-0.25, -0.2) is 14.6 Å². The Morgan fingerprint density at radius 3 is 1.81 bits per heavy atom. The standard InChI is InChI=1S/C18H29N5O4/c1-17(2,3)26-15(24)22(11-12-7-9-13(19)10-8-12)23(14(20)21)16(25)27-18(4,5)6/h7-10H,11,19H2,1-6H3,(H3,20,21). The third kappa shape index (κ3) is 7.43. The summed E-state index contributed by atoms with van der Waals surface area (Å²) >= 11 is 0. The summed E-state index contributed by atoms with van der Waals surface area (Å²) in [6.45, 7) is 10.0. The SMILES string of the molecule is CC(C)(C)OC(=O)N(Cc1ccc(N)cc1)N(C(=N)N)C(=O)OC(C)(C)C. The molecule has 0 fully saturated rings. The van der Waals surface area contributed by atoms with Gasteiger partial charge in [-0.3, -0.25) is 5.41 Å². The molecule has 0 aliphatic rings. The molecule has 0 bridgehead atoms. The van der Waals surface area contributed by atoms with Crippen molar-refractivity contribution in [1.29, 1.82) is 5.41 Å². The van der Waals surface area contributed by atoms with Gasteiger partial charge in [0.15, 0.2) is 0 Å². The lowest BCUT2D eigenvalue weighted by Crippen LogP contribution is -2.56. The van der Waals surface area contributed by atoms with Gasteiger partial charge in [-0.1, -0.05) is 12.1 Å². The first kappa shape index (κ1) is 22.1. The van der Waals surface area contributed by atoms with E-state index in [0.717, 1.165) is 5.01 Å². The lowest BCUT2D eigenvalue weighted by Gasteiger charge is -2.35. The fourth-order valence-electron chi connectivity index (χ4n) is 1.96. The first-order valence-corrected chi connectivity index (χ1v) is 8.41. The largest absolute Gasteiger partial charge is 0.442 e. The predicted molar refractivity (Wildman–Crippen MR) is 103 cm³/mol. The number of rotatable bonds is 2. The van der Waals surface area contributed by atoms with E-state index in [1.54, 1.807) is 65.8 Å². The number of benzene rings is 1. The molecular formula is C18H29N5O4. The number of nitrogens with two attached hydrogens (primary N) is 2. The molecule has 5 N–H and O–H groups in total. The lowest BCUT2D eigenvalue weighted by atomic mass is 10.2. The number of hydrazine groups is 1. The van der Waals surface area contributed by atoms with Crippen molar-refractivity contribution in [2.75, 3.05) is 5.73 Å². The summed E-state index contributed by atoms with van der Waals surface area (Å²) < 4.78 is 10.6. The van der Waals surface area contributed by atoms with Crippen LogP contribution in [0.4, 0.5) is 15.3 Å². The molecule has 0 spiro atoms. The number of ether oxygens (including phenoxy) is 2. The van der Waals surface area contributed by atoms with Crippen molar-refractivity contribution >= 4 is 23.8 Å². The van der Waals surface area contributed by atoms with Crippen LogP contribution in [-0.2, 0) is 16.0 Å². The summed E-state index contributed by atoms with van der Waals surface area (Å²) in [4.78, 5) is 25.3. The van der Waals surface area contributed by atoms with Crippen molar-refractivity contribution in [1.82, 2.24) is 10.0 Å². The van der Waals surface area contributed by atoms with E-state index in [9.17, 15) is 9.59 Å². The van der Waals surface area contributed by atoms with Gasteiger partial charge in [0.1, 0.15) is 11.2 Å². The number of nitrogen functional groups attached to an aromatic ring is 1. The highest BCUT2D eigenvalue weighted by molar-refractivity contribution is 5.93. The zero-order valence-corrected chi connectivity index (χ0v) is 16.7. The van der Waals surface area contributed by atoms with Crippen molar-refractivity contribution in [3.8, 4) is 0 Å². The van der Waals surface area contributed by atoms with Gasteiger partial charge in [0.05, 0.1) is 6.54 Å². The number of anilines is 1. The van der Waals surface area contributed by atoms with E-state index in [1.165, 1.54) is 0 Å². The third-order valence-corrected chi connectivity index (χ3v) is 2.95. The smallest absolute Gasteiger partial charge is 0.436 e. The van der Waals surface area contributed by atoms with E-state index < -0.39 is 29.3 Å². The second kappa shape index (κ2) is 8.15. The summed E-state index contributed by atoms with van der Waals surface area (Å²) in [6.07, 6.45) is -1.81. The molecule has 9 nitrogen and oxygen atoms in total. The Bertz CT molecular complexity index is 689. The summed E-state index contributed by atoms with van der Waals surface area (Å²) in [6, 6.07) is 6.71. The van der Waals surface area contributed by atoms with Crippen LogP contribution in [0, 0.1) is 5.41 Å². The second-order valence-electron chi connectivity index (χ2n) is 7.96. The zero-order chi connectivity index (χ0) is 21.0. The molecule has 0 heterocycles. The lowest BCUT2D eigenvalue weighted by molar-refractivity contribution is -0.0402. The Morgan fingerprint density at radius 1 is 0.963 bits per heavy atom. The highest BCUT2D eigenvalue weighted by Gasteiger charge is 2.35. The quantitative estimate of drug-likeness (QED) is 0.313. The van der Waals surface area contributed by atoms with Gasteiger partial charge >= 0.3 is 12.2 Å². The number of carbonyl (C=O) groups excluding carboxylic acids is 2. The van der Waals surface area contributed by atoms with Crippen LogP contribution in [0.1, 0.15) is 47.1 Å². The second-order valence-corrected chi connectivity index (χ2v) is 7.96. The van der Waals surface area contributed by atoms with Crippen LogP contribution in [0.25, 0.3) is 0 Å². The summed E-state index contributed by atoms with van der Waals surface area (Å²) in [5.41, 5.74) is 10.8. The fraction of sp³-hybridized carbons (Fsp3) is 0.500. The maximum Gasteiger partial charge on any atom is 0.436 e. The summed E-state index contributed by atoms with van der Waals surface area (Å²) in [5.74, 6) is -0.675. The molecule has 0 aliphatic carbocycles. The minimum Gasteiger partial charge on any atom is -0.442 e. The molecule has 0 aliphatic heterocycles. The molecular weight excluding hydrogens is 350 g/mol. The molecule has 0 aromatic heterocycles. The first-order valence-electron chi connectivity index (χ1n) is 8.41. The Balaban J connectivity index is 3.25. The predicted octanol–water partition coefficient (Wildman–Crippen LogP) is 3.05. The molecule has 150 valence electrons. The summed E-state index contributed by atoms with van der Waals surface area (Å²) in [7, 11) is 0. The van der Waals surface area contributed by atoms with Gasteiger partial charge in [0, 0.05) is 5.69 Å². The van der Waals surface area contributed by atoms with Crippen molar-refractivity contribution in [3.63, 3.8) is 0 Å². The number of hydrogen-bond donors (Lipinski definition) is 3. The van der Waals surface area contributed by atoms with E-state index in [0.29, 0.717) is 16.3 Å². The molecule has 0 radical (unpaired) electrons. The Hall–Kier alpha value is -2.97. The average Bonchev–Trinajstić information content (AvgIpc) is 2.44. The van der Waals surface area contributed by atoms with Gasteiger partial charge in [0.25, 0.3) is 0 Å². The number of hydrogen-bond acceptors (Lipinski definition) is 6. The highest BCUT2D eigenvalue weighted by atomic mass is 16.6. The van der Waals surface area contributed by atoms with Gasteiger partial charge in [-0.15, -0.1) is 5.01 Å². The number of amides is 2. The number of carbonyl (C=O) groups is 2. The minimum absolute atomic E-state index is 0.0754. The number of nitrogens with zero attached hydrogens (tertiary/aromatic N) is 2. The van der Waals surface area contributed by atoms with Gasteiger partial charge in [-0.05, 0) is 59.2 Å². The first-order chi connectivity index (χ1) is 12.2. The molecule has 0 unspecified atom stereocenters. The van der Waals surface area contributed by atoms with Crippen LogP contribution in [0.3, 0.4) is 0 Å². The van der Waals surface area contributed by atoms with Crippen LogP contribution in [0.5, 0.6) is 0 Å². The van der Waals surface area contributed by atoms with Crippen LogP contribution in [0.15, 0.2) is 24.3 Å². The van der Waals surface area contributed by atoms with Crippen LogP contribution < -0.4 is 11.5 Å². The van der Waals surface area contributed by atoms with Gasteiger partial charge in [0.2, 0.25) is 5.96 Å². The monoisotopic (exact) mass is 379 g/mol. The van der Waals surface area contributed by atoms with E-state index in [2.05, 4.69) is 0 Å². The average molecular weight is 379 g/mol. The Labute approximate surface area is 159 Å². The van der Waals surface area contributed by atoms with Crippen molar-refractivity contribution in [2.24, 2.45) is 5.73 Å².